The summed E-state index contributed by atoms with van der Waals surface area (Å²) >= 11 is 0. The van der Waals surface area contributed by atoms with Crippen LogP contribution in [0.4, 0.5) is 0 Å². The number of aromatic amines is 2. The summed E-state index contributed by atoms with van der Waals surface area (Å²) in [5.41, 5.74) is -0.260. The van der Waals surface area contributed by atoms with Gasteiger partial charge in [0.2, 0.25) is 5.91 Å². The van der Waals surface area contributed by atoms with Gasteiger partial charge in [0, 0.05) is 37.9 Å². The van der Waals surface area contributed by atoms with Crippen molar-refractivity contribution in [3.8, 4) is 0 Å². The molecule has 7 heteroatoms. The minimum absolute atomic E-state index is 0.0185. The summed E-state index contributed by atoms with van der Waals surface area (Å²) in [6, 6.07) is 1.20. The first-order chi connectivity index (χ1) is 10.6. The minimum atomic E-state index is -0.411. The predicted octanol–water partition coefficient (Wildman–Crippen LogP) is 0.0249. The third-order valence-electron chi connectivity index (χ3n) is 4.97. The fourth-order valence-corrected chi connectivity index (χ4v) is 3.40. The molecule has 2 aliphatic rings. The zero-order valence-corrected chi connectivity index (χ0v) is 12.5. The average molecular weight is 307 g/mol. The molecule has 0 bridgehead atoms. The third kappa shape index (κ3) is 3.14. The maximum atomic E-state index is 12.3. The van der Waals surface area contributed by atoms with Crippen molar-refractivity contribution in [3.63, 3.8) is 0 Å². The van der Waals surface area contributed by atoms with E-state index in [1.54, 1.807) is 4.90 Å². The van der Waals surface area contributed by atoms with Crippen molar-refractivity contribution in [3.05, 3.63) is 32.3 Å². The quantitative estimate of drug-likeness (QED) is 0.805. The highest BCUT2D eigenvalue weighted by atomic mass is 16.5. The second-order valence-electron chi connectivity index (χ2n) is 6.28. The number of ether oxygens (including phenoxy) is 1. The van der Waals surface area contributed by atoms with E-state index in [0.29, 0.717) is 5.41 Å². The van der Waals surface area contributed by atoms with E-state index >= 15 is 0 Å². The van der Waals surface area contributed by atoms with E-state index in [-0.39, 0.29) is 17.9 Å². The lowest BCUT2D eigenvalue weighted by Gasteiger charge is -2.44. The Kier molecular flexibility index (Phi) is 4.15. The molecule has 2 saturated heterocycles. The van der Waals surface area contributed by atoms with Gasteiger partial charge in [-0.25, -0.2) is 0 Å². The monoisotopic (exact) mass is 307 g/mol. The van der Waals surface area contributed by atoms with E-state index in [0.717, 1.165) is 52.0 Å². The van der Waals surface area contributed by atoms with Crippen molar-refractivity contribution < 1.29 is 9.53 Å². The topological polar surface area (TPSA) is 95.3 Å². The van der Waals surface area contributed by atoms with E-state index in [1.165, 1.54) is 6.07 Å². The van der Waals surface area contributed by atoms with Gasteiger partial charge in [-0.3, -0.25) is 24.6 Å². The Labute approximate surface area is 127 Å². The number of nitrogens with one attached hydrogen (secondary N) is 2. The van der Waals surface area contributed by atoms with Gasteiger partial charge >= 0.3 is 0 Å². The lowest BCUT2D eigenvalue weighted by molar-refractivity contribution is -0.134. The van der Waals surface area contributed by atoms with Crippen LogP contribution in [0.2, 0.25) is 0 Å². The molecule has 22 heavy (non-hydrogen) atoms. The number of likely N-dealkylation sites (tertiary alicyclic amines) is 1. The molecule has 2 fully saturated rings. The molecule has 0 aromatic carbocycles. The summed E-state index contributed by atoms with van der Waals surface area (Å²) in [5.74, 6) is -0.0852. The van der Waals surface area contributed by atoms with Gasteiger partial charge in [-0.2, -0.15) is 0 Å². The molecular formula is C15H21N3O4. The number of amides is 1. The molecule has 0 radical (unpaired) electrons. The molecule has 3 heterocycles. The highest BCUT2D eigenvalue weighted by Crippen LogP contribution is 2.40. The Balaban J connectivity index is 1.61. The van der Waals surface area contributed by atoms with Crippen molar-refractivity contribution in [1.29, 1.82) is 0 Å². The molecular weight excluding hydrogens is 286 g/mol. The normalized spacial score (nSPS) is 21.0. The lowest BCUT2D eigenvalue weighted by atomic mass is 9.72. The van der Waals surface area contributed by atoms with Gasteiger partial charge in [0.1, 0.15) is 0 Å². The van der Waals surface area contributed by atoms with Crippen LogP contribution in [0.15, 0.2) is 15.7 Å². The number of hydrogen-bond acceptors (Lipinski definition) is 4. The number of hydrogen-bond donors (Lipinski definition) is 2. The maximum absolute atomic E-state index is 12.3. The molecule has 2 N–H and O–H groups in total. The Morgan fingerprint density at radius 2 is 1.82 bits per heavy atom. The third-order valence-corrected chi connectivity index (χ3v) is 4.97. The van der Waals surface area contributed by atoms with Crippen molar-refractivity contribution in [2.45, 2.75) is 32.1 Å². The Morgan fingerprint density at radius 3 is 2.50 bits per heavy atom. The smallest absolute Gasteiger partial charge is 0.266 e. The summed E-state index contributed by atoms with van der Waals surface area (Å²) in [6.45, 7) is 3.08. The van der Waals surface area contributed by atoms with Crippen LogP contribution in [0.25, 0.3) is 0 Å². The Morgan fingerprint density at radius 1 is 1.14 bits per heavy atom. The average Bonchev–Trinajstić information content (AvgIpc) is 2.52. The Bertz CT molecular complexity index is 647. The molecule has 1 amide bonds. The highest BCUT2D eigenvalue weighted by molar-refractivity contribution is 5.78. The summed E-state index contributed by atoms with van der Waals surface area (Å²) < 4.78 is 5.42. The van der Waals surface area contributed by atoms with E-state index in [4.69, 9.17) is 4.74 Å². The largest absolute Gasteiger partial charge is 0.381 e. The number of carbonyl (C=O) groups is 1. The van der Waals surface area contributed by atoms with Crippen LogP contribution in [0, 0.1) is 5.41 Å². The molecule has 3 rings (SSSR count). The van der Waals surface area contributed by atoms with Gasteiger partial charge in [-0.15, -0.1) is 0 Å². The highest BCUT2D eigenvalue weighted by Gasteiger charge is 2.37. The predicted molar refractivity (Wildman–Crippen MR) is 79.7 cm³/mol. The zero-order valence-electron chi connectivity index (χ0n) is 12.5. The first kappa shape index (κ1) is 15.0. The number of aromatic nitrogens is 2. The molecule has 0 aliphatic carbocycles. The number of carbonyl (C=O) groups excluding carboxylic acids is 1. The van der Waals surface area contributed by atoms with Crippen molar-refractivity contribution in [1.82, 2.24) is 15.1 Å². The van der Waals surface area contributed by atoms with Crippen LogP contribution in [-0.4, -0.2) is 47.3 Å². The molecule has 0 atom stereocenters. The zero-order chi connectivity index (χ0) is 15.6. The fraction of sp³-hybridized carbons (Fsp3) is 0.667. The number of rotatable bonds is 2. The maximum Gasteiger partial charge on any atom is 0.266 e. The van der Waals surface area contributed by atoms with E-state index in [9.17, 15) is 14.4 Å². The van der Waals surface area contributed by atoms with Gasteiger partial charge in [0.25, 0.3) is 11.1 Å². The van der Waals surface area contributed by atoms with Gasteiger partial charge in [-0.1, -0.05) is 0 Å². The van der Waals surface area contributed by atoms with Gasteiger partial charge in [0.15, 0.2) is 0 Å². The summed E-state index contributed by atoms with van der Waals surface area (Å²) in [7, 11) is 0. The van der Waals surface area contributed by atoms with Crippen LogP contribution in [0.5, 0.6) is 0 Å². The molecule has 7 nitrogen and oxygen atoms in total. The number of piperidine rings is 1. The van der Waals surface area contributed by atoms with Crippen molar-refractivity contribution in [2.75, 3.05) is 26.3 Å². The molecule has 0 unspecified atom stereocenters. The van der Waals surface area contributed by atoms with Crippen LogP contribution >= 0.6 is 0 Å². The van der Waals surface area contributed by atoms with E-state index in [2.05, 4.69) is 10.2 Å². The second-order valence-corrected chi connectivity index (χ2v) is 6.28. The van der Waals surface area contributed by atoms with Crippen LogP contribution < -0.4 is 11.1 Å². The lowest BCUT2D eigenvalue weighted by Crippen LogP contribution is -2.46. The minimum Gasteiger partial charge on any atom is -0.381 e. The molecule has 2 aliphatic heterocycles. The molecule has 1 aromatic rings. The molecule has 1 aromatic heterocycles. The van der Waals surface area contributed by atoms with Crippen molar-refractivity contribution in [2.24, 2.45) is 5.41 Å². The first-order valence-electron chi connectivity index (χ1n) is 7.74. The SMILES string of the molecule is O=C(Cc1cc(=O)[nH][nH]c1=O)N1CCC2(CCOCC2)CC1. The second kappa shape index (κ2) is 6.08. The van der Waals surface area contributed by atoms with Crippen LogP contribution in [-0.2, 0) is 16.0 Å². The molecule has 1 spiro atoms. The van der Waals surface area contributed by atoms with Gasteiger partial charge in [0.05, 0.1) is 6.42 Å². The Hall–Kier alpha value is -1.89. The van der Waals surface area contributed by atoms with Gasteiger partial charge < -0.3 is 9.64 Å². The first-order valence-corrected chi connectivity index (χ1v) is 7.74. The summed E-state index contributed by atoms with van der Waals surface area (Å²) in [6.07, 6.45) is 4.11. The van der Waals surface area contributed by atoms with Crippen molar-refractivity contribution >= 4 is 5.91 Å². The van der Waals surface area contributed by atoms with Gasteiger partial charge in [-0.05, 0) is 31.1 Å². The van der Waals surface area contributed by atoms with E-state index < -0.39 is 11.1 Å². The summed E-state index contributed by atoms with van der Waals surface area (Å²) in [4.78, 5) is 37.0. The van der Waals surface area contributed by atoms with E-state index in [1.807, 2.05) is 0 Å². The van der Waals surface area contributed by atoms with Crippen LogP contribution in [0.3, 0.4) is 0 Å². The molecule has 120 valence electrons. The number of nitrogens with zero attached hydrogens (tertiary/aromatic N) is 1. The molecule has 0 saturated carbocycles. The standard InChI is InChI=1S/C15H21N3O4/c19-12-9-11(14(21)17-16-12)10-13(20)18-5-1-15(2-6-18)3-7-22-8-4-15/h9H,1-8,10H2,(H,16,19)(H,17,21). The summed E-state index contributed by atoms with van der Waals surface area (Å²) in [5, 5.41) is 4.45. The van der Waals surface area contributed by atoms with Crippen LogP contribution in [0.1, 0.15) is 31.2 Å². The number of H-pyrrole nitrogens is 2. The fourth-order valence-electron chi connectivity index (χ4n) is 3.40.